The van der Waals surface area contributed by atoms with Crippen LogP contribution in [-0.4, -0.2) is 16.2 Å². The molecule has 0 aliphatic rings. The maximum atomic E-state index is 5.75. The van der Waals surface area contributed by atoms with Crippen molar-refractivity contribution in [2.75, 3.05) is 0 Å². The quantitative estimate of drug-likeness (QED) is 0.725. The number of hydrogen-bond donors (Lipinski definition) is 2. The summed E-state index contributed by atoms with van der Waals surface area (Å²) in [6, 6.07) is 6.34. The predicted molar refractivity (Wildman–Crippen MR) is 53.4 cm³/mol. The summed E-state index contributed by atoms with van der Waals surface area (Å²) < 4.78 is 0. The Morgan fingerprint density at radius 3 is 3.15 bits per heavy atom. The molecule has 0 aliphatic carbocycles. The maximum Gasteiger partial charge on any atom is 0.0653 e. The molecule has 0 radical (unpaired) electrons. The van der Waals surface area contributed by atoms with Crippen LogP contribution < -0.4 is 5.73 Å². The zero-order valence-corrected chi connectivity index (χ0v) is 7.62. The fraction of sp³-hybridized carbons (Fsp3) is 0.300. The van der Waals surface area contributed by atoms with Gasteiger partial charge in [-0.25, -0.2) is 0 Å². The zero-order valence-electron chi connectivity index (χ0n) is 7.62. The van der Waals surface area contributed by atoms with Crippen molar-refractivity contribution < 1.29 is 0 Å². The lowest BCUT2D eigenvalue weighted by molar-refractivity contribution is 0.742. The molecule has 2 aromatic rings. The molecule has 0 fully saturated rings. The molecule has 0 aliphatic heterocycles. The van der Waals surface area contributed by atoms with Crippen LogP contribution in [0.25, 0.3) is 10.9 Å². The first kappa shape index (κ1) is 8.26. The van der Waals surface area contributed by atoms with Crippen molar-refractivity contribution >= 4 is 10.9 Å². The van der Waals surface area contributed by atoms with Crippen LogP contribution in [0.3, 0.4) is 0 Å². The van der Waals surface area contributed by atoms with Gasteiger partial charge in [0.05, 0.1) is 11.7 Å². The van der Waals surface area contributed by atoms with Gasteiger partial charge in [-0.15, -0.1) is 0 Å². The van der Waals surface area contributed by atoms with Gasteiger partial charge < -0.3 is 5.73 Å². The number of nitrogens with two attached hydrogens (primary N) is 1. The predicted octanol–water partition coefficient (Wildman–Crippen LogP) is 1.45. The van der Waals surface area contributed by atoms with E-state index < -0.39 is 0 Å². The molecule has 2 rings (SSSR count). The molecule has 0 unspecified atom stereocenters. The lowest BCUT2D eigenvalue weighted by Crippen LogP contribution is -2.17. The molecular weight excluding hydrogens is 162 g/mol. The van der Waals surface area contributed by atoms with Gasteiger partial charge in [-0.2, -0.15) is 5.10 Å². The summed E-state index contributed by atoms with van der Waals surface area (Å²) in [6.07, 6.45) is 2.75. The molecule has 3 heteroatoms. The summed E-state index contributed by atoms with van der Waals surface area (Å²) in [4.78, 5) is 0. The van der Waals surface area contributed by atoms with E-state index in [1.54, 1.807) is 0 Å². The fourth-order valence-corrected chi connectivity index (χ4v) is 1.55. The Hall–Kier alpha value is -1.35. The molecule has 1 aromatic carbocycles. The number of aromatic amines is 1. The lowest BCUT2D eigenvalue weighted by Gasteiger charge is -2.05. The van der Waals surface area contributed by atoms with Crippen molar-refractivity contribution in [3.05, 3.63) is 30.0 Å². The number of benzene rings is 1. The SMILES string of the molecule is C[C@@H](N)Cc1cccc2[nH]ncc12. The number of H-pyrrole nitrogens is 1. The van der Waals surface area contributed by atoms with Crippen molar-refractivity contribution in [1.29, 1.82) is 0 Å². The minimum absolute atomic E-state index is 0.195. The van der Waals surface area contributed by atoms with Gasteiger partial charge >= 0.3 is 0 Å². The normalized spacial score (nSPS) is 13.4. The molecule has 68 valence electrons. The van der Waals surface area contributed by atoms with Crippen molar-refractivity contribution in [1.82, 2.24) is 10.2 Å². The summed E-state index contributed by atoms with van der Waals surface area (Å²) in [5, 5.41) is 8.13. The van der Waals surface area contributed by atoms with Crippen LogP contribution in [0.4, 0.5) is 0 Å². The topological polar surface area (TPSA) is 54.7 Å². The van der Waals surface area contributed by atoms with Crippen LogP contribution in [0.15, 0.2) is 24.4 Å². The van der Waals surface area contributed by atoms with Crippen molar-refractivity contribution in [3.8, 4) is 0 Å². The highest BCUT2D eigenvalue weighted by Gasteiger charge is 2.03. The molecule has 0 bridgehead atoms. The molecule has 1 aromatic heterocycles. The minimum atomic E-state index is 0.195. The summed E-state index contributed by atoms with van der Waals surface area (Å²) >= 11 is 0. The number of nitrogens with one attached hydrogen (secondary N) is 1. The van der Waals surface area contributed by atoms with Gasteiger partial charge in [-0.05, 0) is 25.0 Å². The largest absolute Gasteiger partial charge is 0.328 e. The minimum Gasteiger partial charge on any atom is -0.328 e. The third-order valence-electron chi connectivity index (χ3n) is 2.12. The standard InChI is InChI=1S/C10H13N3/c1-7(11)5-8-3-2-4-10-9(8)6-12-13-10/h2-4,6-7H,5,11H2,1H3,(H,12,13)/t7-/m1/s1. The Morgan fingerprint density at radius 1 is 1.54 bits per heavy atom. The first-order valence-electron chi connectivity index (χ1n) is 4.44. The Balaban J connectivity index is 2.48. The second kappa shape index (κ2) is 3.18. The highest BCUT2D eigenvalue weighted by atomic mass is 15.1. The van der Waals surface area contributed by atoms with E-state index in [2.05, 4.69) is 16.3 Å². The Kier molecular flexibility index (Phi) is 2.02. The van der Waals surface area contributed by atoms with Gasteiger partial charge in [-0.3, -0.25) is 5.10 Å². The molecular formula is C10H13N3. The van der Waals surface area contributed by atoms with Crippen molar-refractivity contribution in [2.24, 2.45) is 5.73 Å². The van der Waals surface area contributed by atoms with E-state index >= 15 is 0 Å². The molecule has 0 spiro atoms. The second-order valence-corrected chi connectivity index (χ2v) is 3.43. The zero-order chi connectivity index (χ0) is 9.26. The van der Waals surface area contributed by atoms with E-state index in [0.717, 1.165) is 11.9 Å². The first-order valence-corrected chi connectivity index (χ1v) is 4.44. The fourth-order valence-electron chi connectivity index (χ4n) is 1.55. The highest BCUT2D eigenvalue weighted by molar-refractivity contribution is 5.81. The monoisotopic (exact) mass is 175 g/mol. The average molecular weight is 175 g/mol. The molecule has 0 amide bonds. The maximum absolute atomic E-state index is 5.75. The third kappa shape index (κ3) is 1.55. The van der Waals surface area contributed by atoms with Crippen LogP contribution in [0.5, 0.6) is 0 Å². The smallest absolute Gasteiger partial charge is 0.0653 e. The van der Waals surface area contributed by atoms with Gasteiger partial charge in [0.1, 0.15) is 0 Å². The van der Waals surface area contributed by atoms with Gasteiger partial charge in [0.15, 0.2) is 0 Å². The van der Waals surface area contributed by atoms with Crippen LogP contribution in [0.2, 0.25) is 0 Å². The number of rotatable bonds is 2. The molecule has 3 nitrogen and oxygen atoms in total. The summed E-state index contributed by atoms with van der Waals surface area (Å²) in [5.41, 5.74) is 8.10. The molecule has 0 saturated heterocycles. The number of aromatic nitrogens is 2. The van der Waals surface area contributed by atoms with Crippen molar-refractivity contribution in [2.45, 2.75) is 19.4 Å². The Morgan fingerprint density at radius 2 is 2.38 bits per heavy atom. The van der Waals surface area contributed by atoms with E-state index in [1.165, 1.54) is 10.9 Å². The Labute approximate surface area is 76.9 Å². The van der Waals surface area contributed by atoms with Gasteiger partial charge in [0.25, 0.3) is 0 Å². The lowest BCUT2D eigenvalue weighted by atomic mass is 10.0. The number of fused-ring (bicyclic) bond motifs is 1. The Bertz CT molecular complexity index is 403. The average Bonchev–Trinajstić information content (AvgIpc) is 2.51. The highest BCUT2D eigenvalue weighted by Crippen LogP contribution is 2.16. The van der Waals surface area contributed by atoms with E-state index in [1.807, 2.05) is 25.3 Å². The molecule has 1 atom stereocenters. The van der Waals surface area contributed by atoms with Gasteiger partial charge in [0, 0.05) is 11.4 Å². The van der Waals surface area contributed by atoms with Crippen LogP contribution in [0.1, 0.15) is 12.5 Å². The van der Waals surface area contributed by atoms with Gasteiger partial charge in [0.2, 0.25) is 0 Å². The molecule has 0 saturated carbocycles. The van der Waals surface area contributed by atoms with Crippen LogP contribution >= 0.6 is 0 Å². The number of nitrogens with zero attached hydrogens (tertiary/aromatic N) is 1. The summed E-state index contributed by atoms with van der Waals surface area (Å²) in [5.74, 6) is 0. The van der Waals surface area contributed by atoms with E-state index in [9.17, 15) is 0 Å². The van der Waals surface area contributed by atoms with Crippen molar-refractivity contribution in [3.63, 3.8) is 0 Å². The summed E-state index contributed by atoms with van der Waals surface area (Å²) in [7, 11) is 0. The van der Waals surface area contributed by atoms with E-state index in [0.29, 0.717) is 0 Å². The van der Waals surface area contributed by atoms with E-state index in [4.69, 9.17) is 5.73 Å². The molecule has 1 heterocycles. The van der Waals surface area contributed by atoms with Crippen LogP contribution in [0, 0.1) is 0 Å². The van der Waals surface area contributed by atoms with Gasteiger partial charge in [-0.1, -0.05) is 12.1 Å². The molecule has 3 N–H and O–H groups in total. The third-order valence-corrected chi connectivity index (χ3v) is 2.12. The van der Waals surface area contributed by atoms with E-state index in [-0.39, 0.29) is 6.04 Å². The summed E-state index contributed by atoms with van der Waals surface area (Å²) in [6.45, 7) is 2.01. The van der Waals surface area contributed by atoms with Crippen LogP contribution in [-0.2, 0) is 6.42 Å². The molecule has 13 heavy (non-hydrogen) atoms. The first-order chi connectivity index (χ1) is 6.27. The number of hydrogen-bond acceptors (Lipinski definition) is 2. The second-order valence-electron chi connectivity index (χ2n) is 3.43.